The number of nitrogens with one attached hydrogen (secondary N) is 1. The van der Waals surface area contributed by atoms with E-state index < -0.39 is 6.04 Å². The van der Waals surface area contributed by atoms with Crippen molar-refractivity contribution in [2.24, 2.45) is 0 Å². The third-order valence-corrected chi connectivity index (χ3v) is 5.19. The maximum absolute atomic E-state index is 12.6. The zero-order valence-electron chi connectivity index (χ0n) is 14.7. The van der Waals surface area contributed by atoms with Gasteiger partial charge in [-0.25, -0.2) is 0 Å². The molecule has 0 saturated carbocycles. The number of amides is 2. The molecule has 1 aliphatic heterocycles. The number of morpholine rings is 1. The topological polar surface area (TPSA) is 61.9 Å². The SMILES string of the molecule is CCN(CC)C(CNC(=O)C1COCCN1C(C)=O)c1ccsc1. The van der Waals surface area contributed by atoms with Crippen molar-refractivity contribution in [3.63, 3.8) is 0 Å². The molecular weight excluding hydrogens is 326 g/mol. The first-order valence-electron chi connectivity index (χ1n) is 8.47. The van der Waals surface area contributed by atoms with Crippen molar-refractivity contribution < 1.29 is 14.3 Å². The lowest BCUT2D eigenvalue weighted by Crippen LogP contribution is -2.56. The molecule has 1 saturated heterocycles. The van der Waals surface area contributed by atoms with Crippen LogP contribution in [0.15, 0.2) is 16.8 Å². The Balaban J connectivity index is 2.02. The molecule has 0 aromatic carbocycles. The van der Waals surface area contributed by atoms with Crippen molar-refractivity contribution in [3.8, 4) is 0 Å². The predicted octanol–water partition coefficient (Wildman–Crippen LogP) is 1.49. The summed E-state index contributed by atoms with van der Waals surface area (Å²) in [5, 5.41) is 7.21. The van der Waals surface area contributed by atoms with Crippen molar-refractivity contribution in [1.29, 1.82) is 0 Å². The highest BCUT2D eigenvalue weighted by molar-refractivity contribution is 7.07. The van der Waals surface area contributed by atoms with E-state index in [1.165, 1.54) is 12.5 Å². The zero-order chi connectivity index (χ0) is 17.5. The number of nitrogens with zero attached hydrogens (tertiary/aromatic N) is 2. The largest absolute Gasteiger partial charge is 0.377 e. The molecule has 2 unspecified atom stereocenters. The first-order valence-corrected chi connectivity index (χ1v) is 9.41. The summed E-state index contributed by atoms with van der Waals surface area (Å²) < 4.78 is 5.39. The predicted molar refractivity (Wildman–Crippen MR) is 95.0 cm³/mol. The molecule has 1 aliphatic rings. The third kappa shape index (κ3) is 4.55. The van der Waals surface area contributed by atoms with Crippen LogP contribution in [0.2, 0.25) is 0 Å². The highest BCUT2D eigenvalue weighted by Gasteiger charge is 2.31. The zero-order valence-corrected chi connectivity index (χ0v) is 15.5. The van der Waals surface area contributed by atoms with Crippen LogP contribution in [-0.2, 0) is 14.3 Å². The summed E-state index contributed by atoms with van der Waals surface area (Å²) >= 11 is 1.66. The molecule has 2 heterocycles. The van der Waals surface area contributed by atoms with Crippen LogP contribution in [0.5, 0.6) is 0 Å². The minimum atomic E-state index is -0.531. The highest BCUT2D eigenvalue weighted by atomic mass is 32.1. The van der Waals surface area contributed by atoms with E-state index in [4.69, 9.17) is 4.74 Å². The Kier molecular flexibility index (Phi) is 7.20. The van der Waals surface area contributed by atoms with Gasteiger partial charge in [0.25, 0.3) is 0 Å². The average Bonchev–Trinajstić information content (AvgIpc) is 3.12. The second-order valence-corrected chi connectivity index (χ2v) is 6.62. The monoisotopic (exact) mass is 353 g/mol. The molecule has 6 nitrogen and oxygen atoms in total. The van der Waals surface area contributed by atoms with Gasteiger partial charge in [0, 0.05) is 20.0 Å². The van der Waals surface area contributed by atoms with E-state index in [-0.39, 0.29) is 24.5 Å². The van der Waals surface area contributed by atoms with E-state index in [0.717, 1.165) is 13.1 Å². The van der Waals surface area contributed by atoms with Gasteiger partial charge in [-0.3, -0.25) is 14.5 Å². The van der Waals surface area contributed by atoms with E-state index in [2.05, 4.69) is 40.9 Å². The molecule has 1 aromatic heterocycles. The number of likely N-dealkylation sites (N-methyl/N-ethyl adjacent to an activating group) is 1. The van der Waals surface area contributed by atoms with Crippen LogP contribution < -0.4 is 5.32 Å². The van der Waals surface area contributed by atoms with E-state index in [1.54, 1.807) is 16.2 Å². The van der Waals surface area contributed by atoms with Crippen molar-refractivity contribution in [3.05, 3.63) is 22.4 Å². The molecule has 0 spiro atoms. The first-order chi connectivity index (χ1) is 11.6. The minimum Gasteiger partial charge on any atom is -0.377 e. The molecule has 134 valence electrons. The summed E-state index contributed by atoms with van der Waals surface area (Å²) in [6, 6.07) is 1.72. The van der Waals surface area contributed by atoms with E-state index in [9.17, 15) is 9.59 Å². The molecule has 0 bridgehead atoms. The fourth-order valence-electron chi connectivity index (χ4n) is 3.10. The van der Waals surface area contributed by atoms with Gasteiger partial charge in [0.1, 0.15) is 6.04 Å². The Morgan fingerprint density at radius 3 is 2.79 bits per heavy atom. The van der Waals surface area contributed by atoms with Gasteiger partial charge in [0.05, 0.1) is 19.3 Å². The quantitative estimate of drug-likeness (QED) is 0.807. The molecule has 2 amide bonds. The Bertz CT molecular complexity index is 531. The molecule has 1 N–H and O–H groups in total. The van der Waals surface area contributed by atoms with Crippen LogP contribution in [0.25, 0.3) is 0 Å². The standard InChI is InChI=1S/C17H27N3O3S/c1-4-19(5-2)15(14-6-9-24-12-14)10-18-17(22)16-11-23-8-7-20(16)13(3)21/h6,9,12,15-16H,4-5,7-8,10-11H2,1-3H3,(H,18,22). The van der Waals surface area contributed by atoms with Crippen LogP contribution in [-0.4, -0.2) is 67.0 Å². The summed E-state index contributed by atoms with van der Waals surface area (Å²) in [7, 11) is 0. The van der Waals surface area contributed by atoms with Crippen LogP contribution in [0.3, 0.4) is 0 Å². The van der Waals surface area contributed by atoms with Crippen LogP contribution in [0, 0.1) is 0 Å². The fraction of sp³-hybridized carbons (Fsp3) is 0.647. The molecule has 24 heavy (non-hydrogen) atoms. The second-order valence-electron chi connectivity index (χ2n) is 5.84. The van der Waals surface area contributed by atoms with Gasteiger partial charge >= 0.3 is 0 Å². The van der Waals surface area contributed by atoms with E-state index >= 15 is 0 Å². The molecule has 0 radical (unpaired) electrons. The van der Waals surface area contributed by atoms with Crippen LogP contribution >= 0.6 is 11.3 Å². The van der Waals surface area contributed by atoms with Gasteiger partial charge < -0.3 is 15.0 Å². The molecule has 7 heteroatoms. The molecule has 1 fully saturated rings. The highest BCUT2D eigenvalue weighted by Crippen LogP contribution is 2.22. The lowest BCUT2D eigenvalue weighted by molar-refractivity contribution is -0.147. The Hall–Kier alpha value is -1.44. The van der Waals surface area contributed by atoms with Gasteiger partial charge in [-0.1, -0.05) is 13.8 Å². The molecular formula is C17H27N3O3S. The number of rotatable bonds is 7. The molecule has 0 aliphatic carbocycles. The van der Waals surface area contributed by atoms with Crippen molar-refractivity contribution in [2.75, 3.05) is 39.4 Å². The van der Waals surface area contributed by atoms with Gasteiger partial charge in [0.15, 0.2) is 0 Å². The number of hydrogen-bond donors (Lipinski definition) is 1. The Labute approximate surface area is 147 Å². The molecule has 2 rings (SSSR count). The summed E-state index contributed by atoms with van der Waals surface area (Å²) in [5.74, 6) is -0.228. The molecule has 1 aromatic rings. The number of carbonyl (C=O) groups excluding carboxylic acids is 2. The lowest BCUT2D eigenvalue weighted by atomic mass is 10.1. The fourth-order valence-corrected chi connectivity index (χ4v) is 3.81. The van der Waals surface area contributed by atoms with Crippen LogP contribution in [0.4, 0.5) is 0 Å². The Morgan fingerprint density at radius 1 is 1.46 bits per heavy atom. The van der Waals surface area contributed by atoms with Crippen molar-refractivity contribution in [2.45, 2.75) is 32.9 Å². The normalized spacial score (nSPS) is 19.3. The second kappa shape index (κ2) is 9.15. The lowest BCUT2D eigenvalue weighted by Gasteiger charge is -2.35. The maximum atomic E-state index is 12.6. The summed E-state index contributed by atoms with van der Waals surface area (Å²) in [6.45, 7) is 9.32. The summed E-state index contributed by atoms with van der Waals surface area (Å²) in [6.07, 6.45) is 0. The van der Waals surface area contributed by atoms with Gasteiger partial charge in [-0.15, -0.1) is 0 Å². The smallest absolute Gasteiger partial charge is 0.245 e. The minimum absolute atomic E-state index is 0.0865. The van der Waals surface area contributed by atoms with Gasteiger partial charge in [0.2, 0.25) is 11.8 Å². The summed E-state index contributed by atoms with van der Waals surface area (Å²) in [4.78, 5) is 28.2. The van der Waals surface area contributed by atoms with E-state index in [1.807, 2.05) is 0 Å². The number of ether oxygens (including phenoxy) is 1. The number of hydrogen-bond acceptors (Lipinski definition) is 5. The number of thiophene rings is 1. The first kappa shape index (κ1) is 18.9. The van der Waals surface area contributed by atoms with Crippen molar-refractivity contribution >= 4 is 23.2 Å². The van der Waals surface area contributed by atoms with Crippen LogP contribution in [0.1, 0.15) is 32.4 Å². The van der Waals surface area contributed by atoms with Gasteiger partial charge in [-0.2, -0.15) is 11.3 Å². The Morgan fingerprint density at radius 2 is 2.21 bits per heavy atom. The third-order valence-electron chi connectivity index (χ3n) is 4.49. The summed E-state index contributed by atoms with van der Waals surface area (Å²) in [5.41, 5.74) is 1.22. The van der Waals surface area contributed by atoms with Crippen molar-refractivity contribution in [1.82, 2.24) is 15.1 Å². The number of carbonyl (C=O) groups is 2. The maximum Gasteiger partial charge on any atom is 0.245 e. The average molecular weight is 353 g/mol. The van der Waals surface area contributed by atoms with Gasteiger partial charge in [-0.05, 0) is 35.5 Å². The molecule has 2 atom stereocenters. The van der Waals surface area contributed by atoms with E-state index in [0.29, 0.717) is 19.7 Å².